The van der Waals surface area contributed by atoms with Gasteiger partial charge in [0.05, 0.1) is 12.7 Å². The van der Waals surface area contributed by atoms with E-state index in [1.54, 1.807) is 0 Å². The molecule has 1 aliphatic carbocycles. The fourth-order valence-corrected chi connectivity index (χ4v) is 2.47. The lowest BCUT2D eigenvalue weighted by molar-refractivity contribution is 0.0902. The molecule has 3 nitrogen and oxygen atoms in total. The van der Waals surface area contributed by atoms with Crippen molar-refractivity contribution in [2.24, 2.45) is 0 Å². The van der Waals surface area contributed by atoms with E-state index in [1.165, 1.54) is 12.0 Å². The van der Waals surface area contributed by atoms with E-state index in [9.17, 15) is 5.11 Å². The van der Waals surface area contributed by atoms with E-state index in [0.717, 1.165) is 31.6 Å². The van der Waals surface area contributed by atoms with Crippen LogP contribution in [0.25, 0.3) is 0 Å². The fourth-order valence-electron chi connectivity index (χ4n) is 2.47. The Morgan fingerprint density at radius 3 is 2.61 bits per heavy atom. The Hall–Kier alpha value is -1.06. The number of hydrogen-bond acceptors (Lipinski definition) is 3. The lowest BCUT2D eigenvalue weighted by atomic mass is 9.92. The Labute approximate surface area is 109 Å². The summed E-state index contributed by atoms with van der Waals surface area (Å²) in [4.78, 5) is 0. The summed E-state index contributed by atoms with van der Waals surface area (Å²) in [5.41, 5.74) is 1.23. The number of aliphatic hydroxyl groups excluding tert-OH is 1. The highest BCUT2D eigenvalue weighted by molar-refractivity contribution is 5.27. The minimum atomic E-state index is -0.179. The first kappa shape index (κ1) is 13.4. The van der Waals surface area contributed by atoms with E-state index < -0.39 is 0 Å². The van der Waals surface area contributed by atoms with Crippen LogP contribution in [-0.4, -0.2) is 23.9 Å². The van der Waals surface area contributed by atoms with Crippen LogP contribution in [-0.2, 0) is 6.54 Å². The van der Waals surface area contributed by atoms with Gasteiger partial charge < -0.3 is 15.2 Å². The Morgan fingerprint density at radius 1 is 1.22 bits per heavy atom. The molecule has 0 bridgehead atoms. The fraction of sp³-hybridized carbons (Fsp3) is 0.600. The molecule has 0 aromatic heterocycles. The molecule has 1 aromatic carbocycles. The third kappa shape index (κ3) is 3.72. The van der Waals surface area contributed by atoms with Crippen LogP contribution < -0.4 is 10.1 Å². The number of nitrogens with one attached hydrogen (secondary N) is 1. The Morgan fingerprint density at radius 2 is 1.94 bits per heavy atom. The molecular formula is C15H23NO2. The lowest BCUT2D eigenvalue weighted by Gasteiger charge is -2.28. The monoisotopic (exact) mass is 249 g/mol. The van der Waals surface area contributed by atoms with Crippen molar-refractivity contribution in [2.75, 3.05) is 6.61 Å². The van der Waals surface area contributed by atoms with Crippen LogP contribution in [0.15, 0.2) is 24.3 Å². The maximum atomic E-state index is 9.88. The number of benzene rings is 1. The summed E-state index contributed by atoms with van der Waals surface area (Å²) in [5, 5.41) is 13.3. The lowest BCUT2D eigenvalue weighted by Crippen LogP contribution is -2.41. The van der Waals surface area contributed by atoms with Gasteiger partial charge in [-0.1, -0.05) is 25.0 Å². The number of hydrogen-bond donors (Lipinski definition) is 2. The van der Waals surface area contributed by atoms with E-state index in [-0.39, 0.29) is 12.1 Å². The van der Waals surface area contributed by atoms with Crippen molar-refractivity contribution in [1.29, 1.82) is 0 Å². The van der Waals surface area contributed by atoms with Crippen molar-refractivity contribution < 1.29 is 9.84 Å². The first-order valence-electron chi connectivity index (χ1n) is 6.93. The SMILES string of the molecule is CCOc1ccc(CNC2CCCCC2O)cc1. The van der Waals surface area contributed by atoms with E-state index in [1.807, 2.05) is 19.1 Å². The second-order valence-electron chi connectivity index (χ2n) is 4.92. The molecule has 3 heteroatoms. The summed E-state index contributed by atoms with van der Waals surface area (Å²) >= 11 is 0. The van der Waals surface area contributed by atoms with Crippen molar-refractivity contribution in [3.63, 3.8) is 0 Å². The van der Waals surface area contributed by atoms with Crippen LogP contribution >= 0.6 is 0 Å². The first-order valence-corrected chi connectivity index (χ1v) is 6.93. The molecule has 2 atom stereocenters. The van der Waals surface area contributed by atoms with Crippen LogP contribution in [0.5, 0.6) is 5.75 Å². The van der Waals surface area contributed by atoms with Crippen molar-refractivity contribution >= 4 is 0 Å². The Balaban J connectivity index is 1.82. The predicted molar refractivity (Wildman–Crippen MR) is 72.7 cm³/mol. The van der Waals surface area contributed by atoms with Crippen LogP contribution in [0.3, 0.4) is 0 Å². The maximum Gasteiger partial charge on any atom is 0.119 e. The van der Waals surface area contributed by atoms with Gasteiger partial charge in [-0.2, -0.15) is 0 Å². The summed E-state index contributed by atoms with van der Waals surface area (Å²) in [5.74, 6) is 0.916. The zero-order valence-electron chi connectivity index (χ0n) is 11.1. The van der Waals surface area contributed by atoms with Gasteiger partial charge in [-0.3, -0.25) is 0 Å². The second kappa shape index (κ2) is 6.76. The molecule has 0 saturated heterocycles. The van der Waals surface area contributed by atoms with Gasteiger partial charge in [0.25, 0.3) is 0 Å². The molecule has 18 heavy (non-hydrogen) atoms. The molecule has 1 aliphatic rings. The minimum absolute atomic E-state index is 0.179. The standard InChI is InChI=1S/C15H23NO2/c1-2-18-13-9-7-12(8-10-13)11-16-14-5-3-4-6-15(14)17/h7-10,14-17H,2-6,11H2,1H3. The van der Waals surface area contributed by atoms with E-state index in [2.05, 4.69) is 17.4 Å². The van der Waals surface area contributed by atoms with Crippen LogP contribution in [0.2, 0.25) is 0 Å². The van der Waals surface area contributed by atoms with Gasteiger partial charge in [-0.15, -0.1) is 0 Å². The van der Waals surface area contributed by atoms with E-state index in [4.69, 9.17) is 4.74 Å². The summed E-state index contributed by atoms with van der Waals surface area (Å²) in [6.07, 6.45) is 4.21. The Bertz CT molecular complexity index is 350. The van der Waals surface area contributed by atoms with Gasteiger partial charge in [0, 0.05) is 12.6 Å². The predicted octanol–water partition coefficient (Wildman–Crippen LogP) is 2.48. The highest BCUT2D eigenvalue weighted by Crippen LogP contribution is 2.19. The number of aliphatic hydroxyl groups is 1. The highest BCUT2D eigenvalue weighted by atomic mass is 16.5. The van der Waals surface area contributed by atoms with Gasteiger partial charge in [0.15, 0.2) is 0 Å². The van der Waals surface area contributed by atoms with Crippen molar-refractivity contribution in [3.05, 3.63) is 29.8 Å². The highest BCUT2D eigenvalue weighted by Gasteiger charge is 2.21. The van der Waals surface area contributed by atoms with E-state index in [0.29, 0.717) is 6.61 Å². The summed E-state index contributed by atoms with van der Waals surface area (Å²) in [6.45, 7) is 3.50. The van der Waals surface area contributed by atoms with Gasteiger partial charge in [0.1, 0.15) is 5.75 Å². The topological polar surface area (TPSA) is 41.5 Å². The molecule has 0 radical (unpaired) electrons. The summed E-state index contributed by atoms with van der Waals surface area (Å²) in [7, 11) is 0. The zero-order valence-corrected chi connectivity index (χ0v) is 11.1. The van der Waals surface area contributed by atoms with Gasteiger partial charge in [-0.25, -0.2) is 0 Å². The summed E-state index contributed by atoms with van der Waals surface area (Å²) in [6, 6.07) is 8.40. The number of ether oxygens (including phenoxy) is 1. The molecule has 2 N–H and O–H groups in total. The molecular weight excluding hydrogens is 226 g/mol. The molecule has 2 rings (SSSR count). The minimum Gasteiger partial charge on any atom is -0.494 e. The second-order valence-corrected chi connectivity index (χ2v) is 4.92. The molecule has 0 spiro atoms. The van der Waals surface area contributed by atoms with Crippen LogP contribution in [0.1, 0.15) is 38.2 Å². The largest absolute Gasteiger partial charge is 0.494 e. The van der Waals surface area contributed by atoms with Crippen molar-refractivity contribution in [1.82, 2.24) is 5.32 Å². The third-order valence-corrected chi connectivity index (χ3v) is 3.53. The molecule has 2 unspecified atom stereocenters. The van der Waals surface area contributed by atoms with E-state index >= 15 is 0 Å². The van der Waals surface area contributed by atoms with Crippen LogP contribution in [0.4, 0.5) is 0 Å². The molecule has 1 aromatic rings. The molecule has 0 heterocycles. The first-order chi connectivity index (χ1) is 8.79. The quantitative estimate of drug-likeness (QED) is 0.842. The molecule has 1 saturated carbocycles. The third-order valence-electron chi connectivity index (χ3n) is 3.53. The smallest absolute Gasteiger partial charge is 0.119 e. The number of rotatable bonds is 5. The van der Waals surface area contributed by atoms with Crippen molar-refractivity contribution in [2.45, 2.75) is 51.3 Å². The van der Waals surface area contributed by atoms with Gasteiger partial charge in [0.2, 0.25) is 0 Å². The van der Waals surface area contributed by atoms with Gasteiger partial charge >= 0.3 is 0 Å². The molecule has 100 valence electrons. The summed E-state index contributed by atoms with van der Waals surface area (Å²) < 4.78 is 5.41. The van der Waals surface area contributed by atoms with Gasteiger partial charge in [-0.05, 0) is 37.5 Å². The maximum absolute atomic E-state index is 9.88. The molecule has 0 amide bonds. The zero-order chi connectivity index (χ0) is 12.8. The van der Waals surface area contributed by atoms with Crippen molar-refractivity contribution in [3.8, 4) is 5.75 Å². The molecule has 1 fully saturated rings. The normalized spacial score (nSPS) is 23.9. The average Bonchev–Trinajstić information content (AvgIpc) is 2.40. The molecule has 0 aliphatic heterocycles. The van der Waals surface area contributed by atoms with Crippen LogP contribution in [0, 0.1) is 0 Å². The average molecular weight is 249 g/mol. The Kier molecular flexibility index (Phi) is 5.02.